The number of rotatable bonds is 3. The molecule has 0 heterocycles. The van der Waals surface area contributed by atoms with Crippen LogP contribution >= 0.6 is 0 Å². The maximum Gasteiger partial charge on any atom is 0.193 e. The van der Waals surface area contributed by atoms with Gasteiger partial charge in [0.15, 0.2) is 5.78 Å². The Hall–Kier alpha value is -2.87. The van der Waals surface area contributed by atoms with Gasteiger partial charge >= 0.3 is 0 Å². The maximum absolute atomic E-state index is 12.6. The topological polar surface area (TPSA) is 37.3 Å². The summed E-state index contributed by atoms with van der Waals surface area (Å²) in [6.45, 7) is 1.86. The van der Waals surface area contributed by atoms with Crippen LogP contribution in [0.4, 0.5) is 0 Å². The molecule has 0 fully saturated rings. The van der Waals surface area contributed by atoms with Crippen molar-refractivity contribution < 1.29 is 9.90 Å². The van der Waals surface area contributed by atoms with E-state index in [1.807, 2.05) is 61.5 Å². The second-order valence-electron chi connectivity index (χ2n) is 5.23. The normalized spacial score (nSPS) is 10.4. The zero-order valence-electron chi connectivity index (χ0n) is 12.3. The highest BCUT2D eigenvalue weighted by Crippen LogP contribution is 2.31. The first-order valence-corrected chi connectivity index (χ1v) is 7.15. The van der Waals surface area contributed by atoms with Crippen LogP contribution in [0.1, 0.15) is 21.5 Å². The highest BCUT2D eigenvalue weighted by Gasteiger charge is 2.14. The Morgan fingerprint density at radius 1 is 0.818 bits per heavy atom. The molecule has 0 spiro atoms. The van der Waals surface area contributed by atoms with Gasteiger partial charge in [-0.05, 0) is 35.7 Å². The molecule has 2 heteroatoms. The van der Waals surface area contributed by atoms with Gasteiger partial charge in [-0.1, -0.05) is 60.7 Å². The summed E-state index contributed by atoms with van der Waals surface area (Å²) >= 11 is 0. The van der Waals surface area contributed by atoms with Crippen LogP contribution in [0.15, 0.2) is 72.8 Å². The molecular weight excluding hydrogens is 272 g/mol. The molecule has 3 rings (SSSR count). The molecule has 0 radical (unpaired) electrons. The van der Waals surface area contributed by atoms with Gasteiger partial charge in [-0.2, -0.15) is 0 Å². The summed E-state index contributed by atoms with van der Waals surface area (Å²) in [4.78, 5) is 12.6. The van der Waals surface area contributed by atoms with Crippen LogP contribution < -0.4 is 0 Å². The van der Waals surface area contributed by atoms with Gasteiger partial charge in [0, 0.05) is 11.1 Å². The second kappa shape index (κ2) is 5.86. The summed E-state index contributed by atoms with van der Waals surface area (Å²) in [5.41, 5.74) is 3.74. The molecule has 0 saturated carbocycles. The summed E-state index contributed by atoms with van der Waals surface area (Å²) in [6.07, 6.45) is 0. The lowest BCUT2D eigenvalue weighted by atomic mass is 9.94. The van der Waals surface area contributed by atoms with Gasteiger partial charge in [0.2, 0.25) is 0 Å². The second-order valence-corrected chi connectivity index (χ2v) is 5.23. The van der Waals surface area contributed by atoms with Crippen LogP contribution in [-0.4, -0.2) is 10.9 Å². The zero-order chi connectivity index (χ0) is 15.5. The smallest absolute Gasteiger partial charge is 0.193 e. The number of hydrogen-bond acceptors (Lipinski definition) is 2. The van der Waals surface area contributed by atoms with Crippen molar-refractivity contribution in [1.29, 1.82) is 0 Å². The van der Waals surface area contributed by atoms with E-state index in [4.69, 9.17) is 0 Å². The third kappa shape index (κ3) is 2.63. The van der Waals surface area contributed by atoms with Gasteiger partial charge in [0.1, 0.15) is 5.75 Å². The standard InChI is InChI=1S/C20H16O2/c1-14-18(15-8-4-2-5-9-15)12-17(13-19(14)21)20(22)16-10-6-3-7-11-16/h2-13,21H,1H3. The van der Waals surface area contributed by atoms with Crippen molar-refractivity contribution in [1.82, 2.24) is 0 Å². The van der Waals surface area contributed by atoms with Crippen molar-refractivity contribution in [2.75, 3.05) is 0 Å². The van der Waals surface area contributed by atoms with E-state index in [-0.39, 0.29) is 11.5 Å². The summed E-state index contributed by atoms with van der Waals surface area (Å²) in [5.74, 6) is 0.0497. The molecule has 1 N–H and O–H groups in total. The van der Waals surface area contributed by atoms with Gasteiger partial charge in [-0.15, -0.1) is 0 Å². The van der Waals surface area contributed by atoms with E-state index in [1.165, 1.54) is 6.07 Å². The van der Waals surface area contributed by atoms with Crippen LogP contribution in [0.3, 0.4) is 0 Å². The van der Waals surface area contributed by atoms with Crippen LogP contribution in [0.5, 0.6) is 5.75 Å². The molecule has 0 aliphatic carbocycles. The third-order valence-electron chi connectivity index (χ3n) is 3.76. The molecule has 0 bridgehead atoms. The fourth-order valence-electron chi connectivity index (χ4n) is 2.50. The minimum atomic E-state index is -0.0897. The Morgan fingerprint density at radius 3 is 2.05 bits per heavy atom. The fraction of sp³-hybridized carbons (Fsp3) is 0.0500. The molecule has 108 valence electrons. The van der Waals surface area contributed by atoms with Gasteiger partial charge in [-0.25, -0.2) is 0 Å². The highest BCUT2D eigenvalue weighted by molar-refractivity contribution is 6.10. The SMILES string of the molecule is Cc1c(O)cc(C(=O)c2ccccc2)cc1-c1ccccc1. The number of carbonyl (C=O) groups excluding carboxylic acids is 1. The quantitative estimate of drug-likeness (QED) is 0.715. The summed E-state index contributed by atoms with van der Waals surface area (Å²) in [6, 6.07) is 22.3. The van der Waals surface area contributed by atoms with E-state index in [0.717, 1.165) is 16.7 Å². The van der Waals surface area contributed by atoms with Crippen molar-refractivity contribution >= 4 is 5.78 Å². The van der Waals surface area contributed by atoms with Gasteiger partial charge < -0.3 is 5.11 Å². The van der Waals surface area contributed by atoms with Crippen molar-refractivity contribution in [3.8, 4) is 16.9 Å². The Kier molecular flexibility index (Phi) is 3.75. The number of aromatic hydroxyl groups is 1. The molecule has 3 aromatic carbocycles. The van der Waals surface area contributed by atoms with Gasteiger partial charge in [0.25, 0.3) is 0 Å². The maximum atomic E-state index is 12.6. The number of hydrogen-bond donors (Lipinski definition) is 1. The van der Waals surface area contributed by atoms with Crippen molar-refractivity contribution in [3.05, 3.63) is 89.5 Å². The number of phenolic OH excluding ortho intramolecular Hbond substituents is 1. The molecule has 0 saturated heterocycles. The molecule has 0 unspecified atom stereocenters. The monoisotopic (exact) mass is 288 g/mol. The highest BCUT2D eigenvalue weighted by atomic mass is 16.3. The molecule has 0 aliphatic rings. The van der Waals surface area contributed by atoms with Crippen LogP contribution in [0.2, 0.25) is 0 Å². The molecule has 22 heavy (non-hydrogen) atoms. The third-order valence-corrected chi connectivity index (χ3v) is 3.76. The van der Waals surface area contributed by atoms with Crippen LogP contribution in [-0.2, 0) is 0 Å². The van der Waals surface area contributed by atoms with Crippen molar-refractivity contribution in [2.45, 2.75) is 6.92 Å². The lowest BCUT2D eigenvalue weighted by Gasteiger charge is -2.11. The number of phenols is 1. The molecule has 0 atom stereocenters. The largest absolute Gasteiger partial charge is 0.508 e. The van der Waals surface area contributed by atoms with E-state index in [2.05, 4.69) is 0 Å². The Bertz CT molecular complexity index is 806. The van der Waals surface area contributed by atoms with Crippen molar-refractivity contribution in [2.24, 2.45) is 0 Å². The van der Waals surface area contributed by atoms with E-state index in [1.54, 1.807) is 12.1 Å². The lowest BCUT2D eigenvalue weighted by Crippen LogP contribution is -2.02. The zero-order valence-corrected chi connectivity index (χ0v) is 12.3. The van der Waals surface area contributed by atoms with E-state index in [9.17, 15) is 9.90 Å². The minimum Gasteiger partial charge on any atom is -0.508 e. The molecule has 2 nitrogen and oxygen atoms in total. The number of carbonyl (C=O) groups is 1. The van der Waals surface area contributed by atoms with Crippen molar-refractivity contribution in [3.63, 3.8) is 0 Å². The first kappa shape index (κ1) is 14.1. The summed E-state index contributed by atoms with van der Waals surface area (Å²) < 4.78 is 0. The number of benzene rings is 3. The van der Waals surface area contributed by atoms with Crippen LogP contribution in [0, 0.1) is 6.92 Å². The molecular formula is C20H16O2. The van der Waals surface area contributed by atoms with E-state index < -0.39 is 0 Å². The predicted molar refractivity (Wildman–Crippen MR) is 88.2 cm³/mol. The summed E-state index contributed by atoms with van der Waals surface area (Å²) in [5, 5.41) is 10.2. The Balaban J connectivity index is 2.11. The average molecular weight is 288 g/mol. The van der Waals surface area contributed by atoms with E-state index >= 15 is 0 Å². The Labute approximate surface area is 129 Å². The Morgan fingerprint density at radius 2 is 1.41 bits per heavy atom. The van der Waals surface area contributed by atoms with E-state index in [0.29, 0.717) is 11.1 Å². The van der Waals surface area contributed by atoms with Gasteiger partial charge in [-0.3, -0.25) is 4.79 Å². The summed E-state index contributed by atoms with van der Waals surface area (Å²) in [7, 11) is 0. The molecule has 0 aliphatic heterocycles. The average Bonchev–Trinajstić information content (AvgIpc) is 2.58. The first-order chi connectivity index (χ1) is 10.7. The van der Waals surface area contributed by atoms with Crippen LogP contribution in [0.25, 0.3) is 11.1 Å². The first-order valence-electron chi connectivity index (χ1n) is 7.15. The fourth-order valence-corrected chi connectivity index (χ4v) is 2.50. The van der Waals surface area contributed by atoms with Gasteiger partial charge in [0.05, 0.1) is 0 Å². The molecule has 3 aromatic rings. The predicted octanol–water partition coefficient (Wildman–Crippen LogP) is 4.60. The lowest BCUT2D eigenvalue weighted by molar-refractivity contribution is 0.103. The molecule has 0 amide bonds. The number of ketones is 1. The molecule has 0 aromatic heterocycles. The minimum absolute atomic E-state index is 0.0897.